The summed E-state index contributed by atoms with van der Waals surface area (Å²) in [6.45, 7) is 13.0. The van der Waals surface area contributed by atoms with E-state index in [0.29, 0.717) is 41.4 Å². The molecule has 1 amide bonds. The molecule has 6 nitrogen and oxygen atoms in total. The maximum Gasteiger partial charge on any atom is 0.354 e. The maximum absolute atomic E-state index is 13.5. The number of Topliss-reactive ketones (excluding diaryl/α,β-unsaturated/α-hetero) is 1. The lowest BCUT2D eigenvalue weighted by Crippen LogP contribution is -2.37. The highest BCUT2D eigenvalue weighted by Gasteiger charge is 2.28. The predicted octanol–water partition coefficient (Wildman–Crippen LogP) is 6.02. The molecule has 0 atom stereocenters. The number of ether oxygens (including phenoxy) is 1. The number of aromatic nitrogens is 1. The fourth-order valence-corrected chi connectivity index (χ4v) is 4.56. The van der Waals surface area contributed by atoms with Crippen LogP contribution in [0.5, 0.6) is 0 Å². The summed E-state index contributed by atoms with van der Waals surface area (Å²) in [5.41, 5.74) is 4.05. The highest BCUT2D eigenvalue weighted by molar-refractivity contribution is 6.06. The van der Waals surface area contributed by atoms with Crippen molar-refractivity contribution in [3.05, 3.63) is 57.9 Å². The highest BCUT2D eigenvalue weighted by Crippen LogP contribution is 2.24. The number of carbonyl (C=O) groups excluding carboxylic acids is 3. The first-order chi connectivity index (χ1) is 16.7. The van der Waals surface area contributed by atoms with Crippen LogP contribution in [-0.4, -0.2) is 47.3 Å². The largest absolute Gasteiger partial charge is 0.464 e. The van der Waals surface area contributed by atoms with Crippen LogP contribution in [0.15, 0.2) is 24.3 Å². The van der Waals surface area contributed by atoms with Gasteiger partial charge in [0.2, 0.25) is 0 Å². The van der Waals surface area contributed by atoms with Gasteiger partial charge in [-0.1, -0.05) is 45.7 Å². The summed E-state index contributed by atoms with van der Waals surface area (Å²) >= 11 is 0. The first-order valence-corrected chi connectivity index (χ1v) is 12.8. The molecule has 2 rings (SSSR count). The zero-order valence-corrected chi connectivity index (χ0v) is 22.6. The number of amides is 1. The first-order valence-electron chi connectivity index (χ1n) is 12.8. The molecule has 0 aliphatic rings. The van der Waals surface area contributed by atoms with Crippen molar-refractivity contribution < 1.29 is 19.1 Å². The SMILES string of the molecule is CCCCCc1ccc(C(=O)N(CCC(C)C)CC(=O)c2c(C)c(C(=O)OC)n(CC)c2C)cc1. The van der Waals surface area contributed by atoms with Crippen LogP contribution < -0.4 is 0 Å². The smallest absolute Gasteiger partial charge is 0.354 e. The number of nitrogens with zero attached hydrogens (tertiary/aromatic N) is 2. The number of esters is 1. The van der Waals surface area contributed by atoms with Gasteiger partial charge in [0.15, 0.2) is 5.78 Å². The Bertz CT molecular complexity index is 1020. The topological polar surface area (TPSA) is 68.6 Å². The number of benzene rings is 1. The Hall–Kier alpha value is -2.89. The Kier molecular flexibility index (Phi) is 10.7. The Morgan fingerprint density at radius 3 is 2.23 bits per heavy atom. The third kappa shape index (κ3) is 7.06. The number of rotatable bonds is 13. The number of aryl methyl sites for hydroxylation is 1. The van der Waals surface area contributed by atoms with Crippen molar-refractivity contribution in [3.8, 4) is 0 Å². The highest BCUT2D eigenvalue weighted by atomic mass is 16.5. The summed E-state index contributed by atoms with van der Waals surface area (Å²) < 4.78 is 6.77. The predicted molar refractivity (Wildman–Crippen MR) is 140 cm³/mol. The second-order valence-corrected chi connectivity index (χ2v) is 9.66. The van der Waals surface area contributed by atoms with Crippen molar-refractivity contribution in [3.63, 3.8) is 0 Å². The summed E-state index contributed by atoms with van der Waals surface area (Å²) in [5, 5.41) is 0. The normalized spacial score (nSPS) is 11.1. The molecule has 0 bridgehead atoms. The van der Waals surface area contributed by atoms with E-state index in [0.717, 1.165) is 25.0 Å². The summed E-state index contributed by atoms with van der Waals surface area (Å²) in [4.78, 5) is 41.0. The van der Waals surface area contributed by atoms with Gasteiger partial charge in [0, 0.05) is 29.9 Å². The van der Waals surface area contributed by atoms with Gasteiger partial charge in [-0.25, -0.2) is 4.79 Å². The van der Waals surface area contributed by atoms with Crippen LogP contribution >= 0.6 is 0 Å². The lowest BCUT2D eigenvalue weighted by Gasteiger charge is -2.23. The molecule has 0 aliphatic heterocycles. The molecule has 35 heavy (non-hydrogen) atoms. The number of carbonyl (C=O) groups is 3. The monoisotopic (exact) mass is 482 g/mol. The van der Waals surface area contributed by atoms with E-state index in [9.17, 15) is 14.4 Å². The van der Waals surface area contributed by atoms with Gasteiger partial charge in [0.25, 0.3) is 5.91 Å². The molecule has 0 radical (unpaired) electrons. The molecule has 6 heteroatoms. The molecule has 0 N–H and O–H groups in total. The molecule has 1 heterocycles. The average Bonchev–Trinajstić information content (AvgIpc) is 3.10. The van der Waals surface area contributed by atoms with Gasteiger partial charge >= 0.3 is 5.97 Å². The minimum Gasteiger partial charge on any atom is -0.464 e. The molecular weight excluding hydrogens is 440 g/mol. The summed E-state index contributed by atoms with van der Waals surface area (Å²) in [7, 11) is 1.34. The molecule has 0 aliphatic carbocycles. The third-order valence-electron chi connectivity index (χ3n) is 6.61. The van der Waals surface area contributed by atoms with Gasteiger partial charge in [-0.3, -0.25) is 9.59 Å². The van der Waals surface area contributed by atoms with Crippen molar-refractivity contribution >= 4 is 17.7 Å². The Labute approximate surface area is 210 Å². The van der Waals surface area contributed by atoms with Crippen LogP contribution in [0.1, 0.15) is 101 Å². The second kappa shape index (κ2) is 13.3. The molecule has 0 spiro atoms. The fraction of sp³-hybridized carbons (Fsp3) is 0.552. The first kappa shape index (κ1) is 28.3. The summed E-state index contributed by atoms with van der Waals surface area (Å²) in [6, 6.07) is 7.78. The van der Waals surface area contributed by atoms with Gasteiger partial charge in [-0.2, -0.15) is 0 Å². The van der Waals surface area contributed by atoms with Gasteiger partial charge in [0.05, 0.1) is 13.7 Å². The van der Waals surface area contributed by atoms with E-state index in [2.05, 4.69) is 20.8 Å². The van der Waals surface area contributed by atoms with Crippen LogP contribution in [0.4, 0.5) is 0 Å². The Morgan fingerprint density at radius 1 is 1.03 bits per heavy atom. The van der Waals surface area contributed by atoms with Gasteiger partial charge in [0.1, 0.15) is 5.69 Å². The van der Waals surface area contributed by atoms with Gasteiger partial charge < -0.3 is 14.2 Å². The molecule has 0 saturated carbocycles. The number of hydrogen-bond acceptors (Lipinski definition) is 4. The Balaban J connectivity index is 2.31. The van der Waals surface area contributed by atoms with E-state index < -0.39 is 5.97 Å². The zero-order valence-electron chi connectivity index (χ0n) is 22.6. The molecular formula is C29H42N2O4. The van der Waals surface area contributed by atoms with E-state index in [4.69, 9.17) is 4.74 Å². The van der Waals surface area contributed by atoms with Crippen LogP contribution in [-0.2, 0) is 17.7 Å². The third-order valence-corrected chi connectivity index (χ3v) is 6.61. The summed E-state index contributed by atoms with van der Waals surface area (Å²) in [5.74, 6) is -0.363. The van der Waals surface area contributed by atoms with Crippen LogP contribution in [0.25, 0.3) is 0 Å². The van der Waals surface area contributed by atoms with Crippen molar-refractivity contribution in [1.29, 1.82) is 0 Å². The Morgan fingerprint density at radius 2 is 1.69 bits per heavy atom. The minimum atomic E-state index is -0.460. The van der Waals surface area contributed by atoms with Crippen LogP contribution in [0, 0.1) is 19.8 Å². The number of hydrogen-bond donors (Lipinski definition) is 0. The molecule has 192 valence electrons. The van der Waals surface area contributed by atoms with Gasteiger partial charge in [-0.05, 0) is 69.2 Å². The molecule has 2 aromatic rings. The second-order valence-electron chi connectivity index (χ2n) is 9.66. The van der Waals surface area contributed by atoms with E-state index in [1.165, 1.54) is 25.5 Å². The van der Waals surface area contributed by atoms with Crippen molar-refractivity contribution in [2.45, 2.75) is 80.2 Å². The molecule has 0 saturated heterocycles. The maximum atomic E-state index is 13.5. The van der Waals surface area contributed by atoms with E-state index in [1.807, 2.05) is 42.7 Å². The van der Waals surface area contributed by atoms with Crippen molar-refractivity contribution in [1.82, 2.24) is 9.47 Å². The number of unbranched alkanes of at least 4 members (excludes halogenated alkanes) is 2. The minimum absolute atomic E-state index is 0.0280. The molecule has 1 aromatic heterocycles. The molecule has 0 unspecified atom stereocenters. The lowest BCUT2D eigenvalue weighted by molar-refractivity contribution is 0.0587. The quantitative estimate of drug-likeness (QED) is 0.199. The van der Waals surface area contributed by atoms with Crippen LogP contribution in [0.3, 0.4) is 0 Å². The van der Waals surface area contributed by atoms with Crippen molar-refractivity contribution in [2.24, 2.45) is 5.92 Å². The fourth-order valence-electron chi connectivity index (χ4n) is 4.56. The van der Waals surface area contributed by atoms with Gasteiger partial charge in [-0.15, -0.1) is 0 Å². The molecule has 0 fully saturated rings. The standard InChI is InChI=1S/C29H42N2O4/c1-8-10-11-12-23-13-15-24(16-14-23)28(33)30(18-17-20(3)4)19-25(32)26-21(5)27(29(34)35-7)31(9-2)22(26)6/h13-16,20H,8-12,17-19H2,1-7H3. The van der Waals surface area contributed by atoms with Crippen LogP contribution in [0.2, 0.25) is 0 Å². The summed E-state index contributed by atoms with van der Waals surface area (Å²) in [6.07, 6.45) is 5.32. The van der Waals surface area contributed by atoms with Crippen molar-refractivity contribution in [2.75, 3.05) is 20.2 Å². The van der Waals surface area contributed by atoms with E-state index in [1.54, 1.807) is 11.8 Å². The lowest BCUT2D eigenvalue weighted by atomic mass is 10.0. The zero-order chi connectivity index (χ0) is 26.1. The van der Waals surface area contributed by atoms with E-state index in [-0.39, 0.29) is 18.2 Å². The molecule has 1 aromatic carbocycles. The van der Waals surface area contributed by atoms with E-state index >= 15 is 0 Å². The number of ketones is 1. The number of methoxy groups -OCH3 is 1. The average molecular weight is 483 g/mol.